The Kier molecular flexibility index (Phi) is 3.81. The molecule has 3 rings (SSSR count). The Bertz CT molecular complexity index is 650. The Morgan fingerprint density at radius 2 is 1.95 bits per heavy atom. The first-order valence-corrected chi connectivity index (χ1v) is 7.19. The fourth-order valence-electron chi connectivity index (χ4n) is 2.45. The second-order valence-electron chi connectivity index (χ2n) is 5.20. The largest absolute Gasteiger partial charge is 0.337 e. The molecule has 1 saturated heterocycles. The minimum Gasteiger partial charge on any atom is -0.337 e. The summed E-state index contributed by atoms with van der Waals surface area (Å²) in [5, 5.41) is 3.17. The zero-order chi connectivity index (χ0) is 14.7. The van der Waals surface area contributed by atoms with E-state index >= 15 is 0 Å². The van der Waals surface area contributed by atoms with Gasteiger partial charge in [-0.2, -0.15) is 0 Å². The standard InChI is InChI=1S/C16H18N4O/c1-12-6-2-3-7-13(12)18-16-17-9-8-14(19-16)15(21)20-10-4-5-11-20/h2-3,6-9H,4-5,10-11H2,1H3,(H,17,18,19). The lowest BCUT2D eigenvalue weighted by Gasteiger charge is -2.15. The first-order chi connectivity index (χ1) is 10.2. The molecule has 21 heavy (non-hydrogen) atoms. The minimum atomic E-state index is -0.0114. The highest BCUT2D eigenvalue weighted by molar-refractivity contribution is 5.92. The summed E-state index contributed by atoms with van der Waals surface area (Å²) in [6, 6.07) is 9.59. The first kappa shape index (κ1) is 13.5. The molecule has 1 N–H and O–H groups in total. The van der Waals surface area contributed by atoms with Crippen molar-refractivity contribution in [3.63, 3.8) is 0 Å². The van der Waals surface area contributed by atoms with Crippen LogP contribution in [0.3, 0.4) is 0 Å². The van der Waals surface area contributed by atoms with Crippen molar-refractivity contribution in [3.8, 4) is 0 Å². The van der Waals surface area contributed by atoms with Crippen LogP contribution in [0.25, 0.3) is 0 Å². The molecule has 1 aliphatic heterocycles. The van der Waals surface area contributed by atoms with E-state index in [1.165, 1.54) is 0 Å². The number of aryl methyl sites for hydroxylation is 1. The van der Waals surface area contributed by atoms with E-state index in [9.17, 15) is 4.79 Å². The second-order valence-corrected chi connectivity index (χ2v) is 5.20. The number of rotatable bonds is 3. The zero-order valence-electron chi connectivity index (χ0n) is 12.0. The molecule has 0 unspecified atom stereocenters. The van der Waals surface area contributed by atoms with Crippen LogP contribution >= 0.6 is 0 Å². The highest BCUT2D eigenvalue weighted by atomic mass is 16.2. The molecular formula is C16H18N4O. The number of likely N-dealkylation sites (tertiary alicyclic amines) is 1. The summed E-state index contributed by atoms with van der Waals surface area (Å²) >= 11 is 0. The average Bonchev–Trinajstić information content (AvgIpc) is 3.03. The molecule has 2 heterocycles. The number of anilines is 2. The molecule has 0 radical (unpaired) electrons. The highest BCUT2D eigenvalue weighted by Gasteiger charge is 2.20. The van der Waals surface area contributed by atoms with Crippen LogP contribution in [0.5, 0.6) is 0 Å². The van der Waals surface area contributed by atoms with Crippen LogP contribution in [0.15, 0.2) is 36.5 Å². The van der Waals surface area contributed by atoms with Gasteiger partial charge in [-0.3, -0.25) is 4.79 Å². The summed E-state index contributed by atoms with van der Waals surface area (Å²) in [6.07, 6.45) is 3.77. The van der Waals surface area contributed by atoms with Gasteiger partial charge in [-0.05, 0) is 37.5 Å². The Balaban J connectivity index is 1.80. The molecule has 0 atom stereocenters. The van der Waals surface area contributed by atoms with Crippen molar-refractivity contribution in [3.05, 3.63) is 47.8 Å². The monoisotopic (exact) mass is 282 g/mol. The fourth-order valence-corrected chi connectivity index (χ4v) is 2.45. The van der Waals surface area contributed by atoms with Crippen molar-refractivity contribution in [2.75, 3.05) is 18.4 Å². The minimum absolute atomic E-state index is 0.0114. The predicted octanol–water partition coefficient (Wildman–Crippen LogP) is 2.76. The summed E-state index contributed by atoms with van der Waals surface area (Å²) in [5.74, 6) is 0.442. The van der Waals surface area contributed by atoms with E-state index in [4.69, 9.17) is 0 Å². The number of aromatic nitrogens is 2. The van der Waals surface area contributed by atoms with E-state index < -0.39 is 0 Å². The maximum absolute atomic E-state index is 12.3. The van der Waals surface area contributed by atoms with Crippen LogP contribution < -0.4 is 5.32 Å². The van der Waals surface area contributed by atoms with Crippen molar-refractivity contribution >= 4 is 17.5 Å². The second kappa shape index (κ2) is 5.91. The van der Waals surface area contributed by atoms with E-state index in [0.29, 0.717) is 11.6 Å². The van der Waals surface area contributed by atoms with Gasteiger partial charge in [-0.25, -0.2) is 9.97 Å². The third-order valence-corrected chi connectivity index (χ3v) is 3.66. The zero-order valence-corrected chi connectivity index (χ0v) is 12.0. The number of para-hydroxylation sites is 1. The van der Waals surface area contributed by atoms with E-state index in [2.05, 4.69) is 15.3 Å². The molecule has 1 aliphatic rings. The summed E-state index contributed by atoms with van der Waals surface area (Å²) in [5.41, 5.74) is 2.50. The smallest absolute Gasteiger partial charge is 0.272 e. The van der Waals surface area contributed by atoms with Gasteiger partial charge in [0.2, 0.25) is 5.95 Å². The Morgan fingerprint density at radius 3 is 2.71 bits per heavy atom. The Morgan fingerprint density at radius 1 is 1.19 bits per heavy atom. The van der Waals surface area contributed by atoms with Gasteiger partial charge in [0.25, 0.3) is 5.91 Å². The van der Waals surface area contributed by atoms with Crippen LogP contribution in [0.2, 0.25) is 0 Å². The lowest BCUT2D eigenvalue weighted by molar-refractivity contribution is 0.0787. The molecule has 5 heteroatoms. The first-order valence-electron chi connectivity index (χ1n) is 7.19. The molecule has 2 aromatic rings. The third-order valence-electron chi connectivity index (χ3n) is 3.66. The van der Waals surface area contributed by atoms with Crippen LogP contribution in [0.1, 0.15) is 28.9 Å². The van der Waals surface area contributed by atoms with Gasteiger partial charge in [0.1, 0.15) is 5.69 Å². The van der Waals surface area contributed by atoms with Gasteiger partial charge in [0.15, 0.2) is 0 Å². The van der Waals surface area contributed by atoms with Crippen molar-refractivity contribution in [2.24, 2.45) is 0 Å². The van der Waals surface area contributed by atoms with Crippen LogP contribution in [-0.2, 0) is 0 Å². The summed E-state index contributed by atoms with van der Waals surface area (Å²) in [7, 11) is 0. The molecule has 0 spiro atoms. The summed E-state index contributed by atoms with van der Waals surface area (Å²) < 4.78 is 0. The number of carbonyl (C=O) groups is 1. The van der Waals surface area contributed by atoms with Gasteiger partial charge >= 0.3 is 0 Å². The Hall–Kier alpha value is -2.43. The number of hydrogen-bond donors (Lipinski definition) is 1. The van der Waals surface area contributed by atoms with Crippen molar-refractivity contribution < 1.29 is 4.79 Å². The molecule has 0 aliphatic carbocycles. The quantitative estimate of drug-likeness (QED) is 0.940. The van der Waals surface area contributed by atoms with Crippen LogP contribution in [-0.4, -0.2) is 33.9 Å². The molecular weight excluding hydrogens is 264 g/mol. The van der Waals surface area contributed by atoms with Gasteiger partial charge < -0.3 is 10.2 Å². The lowest BCUT2D eigenvalue weighted by atomic mass is 10.2. The molecule has 0 saturated carbocycles. The number of nitrogens with zero attached hydrogens (tertiary/aromatic N) is 3. The molecule has 5 nitrogen and oxygen atoms in total. The van der Waals surface area contributed by atoms with Crippen LogP contribution in [0.4, 0.5) is 11.6 Å². The van der Waals surface area contributed by atoms with Gasteiger partial charge in [0, 0.05) is 25.0 Å². The average molecular weight is 282 g/mol. The number of hydrogen-bond acceptors (Lipinski definition) is 4. The van der Waals surface area contributed by atoms with E-state index in [0.717, 1.165) is 37.2 Å². The summed E-state index contributed by atoms with van der Waals surface area (Å²) in [4.78, 5) is 22.7. The van der Waals surface area contributed by atoms with E-state index in [-0.39, 0.29) is 5.91 Å². The van der Waals surface area contributed by atoms with Crippen molar-refractivity contribution in [1.29, 1.82) is 0 Å². The van der Waals surface area contributed by atoms with E-state index in [1.807, 2.05) is 36.1 Å². The lowest BCUT2D eigenvalue weighted by Crippen LogP contribution is -2.28. The molecule has 0 bridgehead atoms. The summed E-state index contributed by atoms with van der Waals surface area (Å²) in [6.45, 7) is 3.66. The number of carbonyl (C=O) groups excluding carboxylic acids is 1. The third kappa shape index (κ3) is 3.02. The SMILES string of the molecule is Cc1ccccc1Nc1nccc(C(=O)N2CCCC2)n1. The predicted molar refractivity (Wildman–Crippen MR) is 81.6 cm³/mol. The van der Waals surface area contributed by atoms with Gasteiger partial charge in [0.05, 0.1) is 0 Å². The maximum atomic E-state index is 12.3. The number of amides is 1. The molecule has 108 valence electrons. The maximum Gasteiger partial charge on any atom is 0.272 e. The molecule has 1 aromatic carbocycles. The topological polar surface area (TPSA) is 58.1 Å². The fraction of sp³-hybridized carbons (Fsp3) is 0.312. The Labute approximate surface area is 124 Å². The molecule has 1 fully saturated rings. The van der Waals surface area contributed by atoms with Crippen molar-refractivity contribution in [2.45, 2.75) is 19.8 Å². The van der Waals surface area contributed by atoms with Gasteiger partial charge in [-0.1, -0.05) is 18.2 Å². The number of nitrogens with one attached hydrogen (secondary N) is 1. The molecule has 1 amide bonds. The molecule has 1 aromatic heterocycles. The van der Waals surface area contributed by atoms with Crippen molar-refractivity contribution in [1.82, 2.24) is 14.9 Å². The van der Waals surface area contributed by atoms with Crippen LogP contribution in [0, 0.1) is 6.92 Å². The van der Waals surface area contributed by atoms with E-state index in [1.54, 1.807) is 12.3 Å². The van der Waals surface area contributed by atoms with Gasteiger partial charge in [-0.15, -0.1) is 0 Å². The normalized spacial score (nSPS) is 14.2. The number of benzene rings is 1. The highest BCUT2D eigenvalue weighted by Crippen LogP contribution is 2.18.